The van der Waals surface area contributed by atoms with Crippen molar-refractivity contribution < 1.29 is 14.3 Å². The van der Waals surface area contributed by atoms with E-state index in [1.54, 1.807) is 36.4 Å². The van der Waals surface area contributed by atoms with E-state index in [2.05, 4.69) is 24.2 Å². The number of rotatable bonds is 7. The molecule has 2 amide bonds. The smallest absolute Gasteiger partial charge is 0.277 e. The van der Waals surface area contributed by atoms with Gasteiger partial charge in [0.2, 0.25) is 5.91 Å². The van der Waals surface area contributed by atoms with Crippen LogP contribution in [-0.2, 0) is 4.79 Å². The van der Waals surface area contributed by atoms with Crippen LogP contribution in [0, 0.1) is 5.92 Å². The number of nitrogens with one attached hydrogen (secondary N) is 1. The summed E-state index contributed by atoms with van der Waals surface area (Å²) < 4.78 is 5.62. The van der Waals surface area contributed by atoms with Crippen molar-refractivity contribution in [3.05, 3.63) is 65.4 Å². The minimum atomic E-state index is -0.318. The molecule has 1 N–H and O–H groups in total. The maximum absolute atomic E-state index is 12.5. The number of aliphatic imine (C=N–C) groups is 1. The van der Waals surface area contributed by atoms with Crippen LogP contribution in [0.1, 0.15) is 49.9 Å². The lowest BCUT2D eigenvalue weighted by atomic mass is 9.85. The van der Waals surface area contributed by atoms with Crippen LogP contribution in [0.4, 0.5) is 0 Å². The molecule has 28 heavy (non-hydrogen) atoms. The Labute approximate surface area is 165 Å². The molecular formula is C23H26N2O3. The molecule has 1 aliphatic heterocycles. The summed E-state index contributed by atoms with van der Waals surface area (Å²) in [4.78, 5) is 28.6. The van der Waals surface area contributed by atoms with Gasteiger partial charge in [0.25, 0.3) is 5.91 Å². The minimum Gasteiger partial charge on any atom is -0.494 e. The van der Waals surface area contributed by atoms with E-state index in [9.17, 15) is 9.59 Å². The largest absolute Gasteiger partial charge is 0.494 e. The van der Waals surface area contributed by atoms with Crippen LogP contribution in [0.3, 0.4) is 0 Å². The molecule has 0 radical (unpaired) electrons. The molecule has 1 atom stereocenters. The van der Waals surface area contributed by atoms with E-state index in [4.69, 9.17) is 4.74 Å². The summed E-state index contributed by atoms with van der Waals surface area (Å²) in [5.41, 5.74) is 2.92. The van der Waals surface area contributed by atoms with Gasteiger partial charge in [-0.05, 0) is 49.3 Å². The fourth-order valence-corrected chi connectivity index (χ4v) is 3.27. The van der Waals surface area contributed by atoms with Crippen molar-refractivity contribution in [3.8, 4) is 5.75 Å². The summed E-state index contributed by atoms with van der Waals surface area (Å²) in [5, 5.41) is 2.87. The van der Waals surface area contributed by atoms with Gasteiger partial charge in [-0.1, -0.05) is 38.3 Å². The maximum atomic E-state index is 12.5. The molecule has 1 aromatic rings. The summed E-state index contributed by atoms with van der Waals surface area (Å²) in [5.74, 6) is 0.374. The van der Waals surface area contributed by atoms with Gasteiger partial charge < -0.3 is 10.1 Å². The molecule has 1 unspecified atom stereocenters. The summed E-state index contributed by atoms with van der Waals surface area (Å²) in [6.07, 6.45) is 11.2. The Bertz CT molecular complexity index is 860. The van der Waals surface area contributed by atoms with Gasteiger partial charge in [-0.15, -0.1) is 0 Å². The molecule has 2 aliphatic rings. The first kappa shape index (κ1) is 19.8. The average molecular weight is 378 g/mol. The van der Waals surface area contributed by atoms with E-state index in [0.717, 1.165) is 42.7 Å². The number of nitrogens with zero attached hydrogens (tertiary/aromatic N) is 1. The fourth-order valence-electron chi connectivity index (χ4n) is 3.27. The number of unbranched alkanes of at least 4 members (excludes halogenated alkanes) is 1. The average Bonchev–Trinajstić information content (AvgIpc) is 2.68. The quantitative estimate of drug-likeness (QED) is 0.716. The van der Waals surface area contributed by atoms with Gasteiger partial charge >= 0.3 is 0 Å². The van der Waals surface area contributed by atoms with Crippen LogP contribution < -0.4 is 10.1 Å². The van der Waals surface area contributed by atoms with Gasteiger partial charge in [-0.25, -0.2) is 4.99 Å². The highest BCUT2D eigenvalue weighted by molar-refractivity contribution is 6.14. The third-order valence-corrected chi connectivity index (χ3v) is 4.72. The van der Waals surface area contributed by atoms with E-state index >= 15 is 0 Å². The van der Waals surface area contributed by atoms with Crippen molar-refractivity contribution in [1.82, 2.24) is 5.32 Å². The zero-order valence-corrected chi connectivity index (χ0v) is 16.4. The lowest BCUT2D eigenvalue weighted by Gasteiger charge is -2.27. The van der Waals surface area contributed by atoms with E-state index in [1.165, 1.54) is 0 Å². The molecule has 1 aliphatic carbocycles. The molecule has 3 rings (SSSR count). The highest BCUT2D eigenvalue weighted by Gasteiger charge is 2.25. The Morgan fingerprint density at radius 1 is 1.14 bits per heavy atom. The van der Waals surface area contributed by atoms with Crippen LogP contribution in [-0.4, -0.2) is 24.1 Å². The summed E-state index contributed by atoms with van der Waals surface area (Å²) in [7, 11) is 0. The fraction of sp³-hybridized carbons (Fsp3) is 0.348. The van der Waals surface area contributed by atoms with Crippen molar-refractivity contribution in [3.63, 3.8) is 0 Å². The number of hydrogen-bond donors (Lipinski definition) is 1. The second kappa shape index (κ2) is 9.31. The van der Waals surface area contributed by atoms with Crippen molar-refractivity contribution in [2.24, 2.45) is 10.9 Å². The van der Waals surface area contributed by atoms with Gasteiger partial charge in [-0.3, -0.25) is 9.59 Å². The van der Waals surface area contributed by atoms with Gasteiger partial charge in [0.1, 0.15) is 5.75 Å². The van der Waals surface area contributed by atoms with Crippen LogP contribution in [0.15, 0.2) is 64.8 Å². The molecule has 0 aromatic heterocycles. The molecule has 0 bridgehead atoms. The zero-order valence-electron chi connectivity index (χ0n) is 16.4. The SMILES string of the molecule is CCCCOc1ccc(C(=O)N=C2C=CC3C(CCC)=CC(=O)NC3=C2)cc1. The Hall–Kier alpha value is -2.95. The van der Waals surface area contributed by atoms with Crippen LogP contribution in [0.2, 0.25) is 0 Å². The minimum absolute atomic E-state index is 0.0613. The topological polar surface area (TPSA) is 67.8 Å². The van der Waals surface area contributed by atoms with Gasteiger partial charge in [0.05, 0.1) is 12.3 Å². The Morgan fingerprint density at radius 3 is 2.64 bits per heavy atom. The van der Waals surface area contributed by atoms with Crippen molar-refractivity contribution in [1.29, 1.82) is 0 Å². The summed E-state index contributed by atoms with van der Waals surface area (Å²) in [6.45, 7) is 4.88. The Morgan fingerprint density at radius 2 is 1.93 bits per heavy atom. The number of amides is 2. The molecule has 146 valence electrons. The van der Waals surface area contributed by atoms with Crippen LogP contribution >= 0.6 is 0 Å². The molecule has 1 heterocycles. The monoisotopic (exact) mass is 378 g/mol. The summed E-state index contributed by atoms with van der Waals surface area (Å²) in [6, 6.07) is 7.02. The highest BCUT2D eigenvalue weighted by atomic mass is 16.5. The lowest BCUT2D eigenvalue weighted by molar-refractivity contribution is -0.116. The van der Waals surface area contributed by atoms with Crippen molar-refractivity contribution in [2.45, 2.75) is 39.5 Å². The second-order valence-electron chi connectivity index (χ2n) is 6.96. The molecule has 0 fully saturated rings. The first-order valence-corrected chi connectivity index (χ1v) is 9.87. The van der Waals surface area contributed by atoms with Crippen molar-refractivity contribution >= 4 is 17.5 Å². The first-order valence-electron chi connectivity index (χ1n) is 9.87. The number of fused-ring (bicyclic) bond motifs is 1. The lowest BCUT2D eigenvalue weighted by Crippen LogP contribution is -2.33. The number of allylic oxidation sites excluding steroid dienone is 3. The number of ether oxygens (including phenoxy) is 1. The summed E-state index contributed by atoms with van der Waals surface area (Å²) >= 11 is 0. The molecule has 0 spiro atoms. The normalized spacial score (nSPS) is 19.6. The van der Waals surface area contributed by atoms with Gasteiger partial charge in [0.15, 0.2) is 0 Å². The third kappa shape index (κ3) is 4.85. The van der Waals surface area contributed by atoms with Crippen molar-refractivity contribution in [2.75, 3.05) is 6.61 Å². The predicted molar refractivity (Wildman–Crippen MR) is 110 cm³/mol. The third-order valence-electron chi connectivity index (χ3n) is 4.72. The first-order chi connectivity index (χ1) is 13.6. The van der Waals surface area contributed by atoms with E-state index in [1.807, 2.05) is 12.2 Å². The Kier molecular flexibility index (Phi) is 6.58. The zero-order chi connectivity index (χ0) is 19.9. The van der Waals surface area contributed by atoms with Crippen LogP contribution in [0.5, 0.6) is 5.75 Å². The predicted octanol–water partition coefficient (Wildman–Crippen LogP) is 4.37. The van der Waals surface area contributed by atoms with E-state index in [-0.39, 0.29) is 17.7 Å². The van der Waals surface area contributed by atoms with E-state index in [0.29, 0.717) is 17.9 Å². The number of hydrogen-bond acceptors (Lipinski definition) is 3. The molecule has 1 aromatic carbocycles. The second-order valence-corrected chi connectivity index (χ2v) is 6.96. The van der Waals surface area contributed by atoms with Gasteiger partial charge in [0, 0.05) is 23.3 Å². The Balaban J connectivity index is 1.71. The number of carbonyl (C=O) groups is 2. The van der Waals surface area contributed by atoms with Gasteiger partial charge in [-0.2, -0.15) is 0 Å². The van der Waals surface area contributed by atoms with Crippen LogP contribution in [0.25, 0.3) is 0 Å². The highest BCUT2D eigenvalue weighted by Crippen LogP contribution is 2.30. The molecular weight excluding hydrogens is 352 g/mol. The number of benzene rings is 1. The van der Waals surface area contributed by atoms with E-state index < -0.39 is 0 Å². The molecule has 0 saturated heterocycles. The standard InChI is InChI=1S/C23H26N2O3/c1-3-5-13-28-19-10-7-16(8-11-19)23(27)24-18-9-12-20-17(6-4-2)14-22(26)25-21(20)15-18/h7-12,14-15,20H,3-6,13H2,1-2H3,(H,25,26). The number of carbonyl (C=O) groups excluding carboxylic acids is 2. The molecule has 0 saturated carbocycles. The molecule has 5 heteroatoms. The molecule has 5 nitrogen and oxygen atoms in total. The maximum Gasteiger partial charge on any atom is 0.277 e.